The first-order valence-corrected chi connectivity index (χ1v) is 19.7. The first kappa shape index (κ1) is 29.0. The van der Waals surface area contributed by atoms with Crippen LogP contribution in [0.25, 0.3) is 12.2 Å². The Balaban J connectivity index is 0.000000189. The van der Waals surface area contributed by atoms with E-state index in [9.17, 15) is 0 Å². The minimum Gasteiger partial charge on any atom is -0.0622 e. The van der Waals surface area contributed by atoms with E-state index in [0.717, 1.165) is 21.4 Å². The van der Waals surface area contributed by atoms with Gasteiger partial charge in [-0.1, -0.05) is 60.7 Å². The van der Waals surface area contributed by atoms with Crippen LogP contribution in [0, 0.1) is 6.92 Å². The van der Waals surface area contributed by atoms with Crippen LogP contribution in [0.2, 0.25) is 0 Å². The van der Waals surface area contributed by atoms with Gasteiger partial charge < -0.3 is 0 Å². The van der Waals surface area contributed by atoms with Crippen LogP contribution in [0.3, 0.4) is 0 Å². The van der Waals surface area contributed by atoms with Gasteiger partial charge in [0.05, 0.1) is 0 Å². The van der Waals surface area contributed by atoms with Gasteiger partial charge in [-0.3, -0.25) is 0 Å². The Morgan fingerprint density at radius 2 is 1.19 bits per heavy atom. The average molecular weight is 727 g/mol. The molecule has 3 atom stereocenters. The smallest absolute Gasteiger partial charge is 0.0238 e. The first-order valence-electron chi connectivity index (χ1n) is 14.9. The molecular weight excluding hydrogens is 690 g/mol. The molecule has 0 spiro atoms. The van der Waals surface area contributed by atoms with Crippen LogP contribution >= 0.6 is 8.58 Å². The minimum absolute atomic E-state index is 0.264. The van der Waals surface area contributed by atoms with Crippen molar-refractivity contribution in [3.05, 3.63) is 184 Å². The van der Waals surface area contributed by atoms with Crippen molar-refractivity contribution in [1.29, 1.82) is 0 Å². The maximum Gasteiger partial charge on any atom is -0.0238 e. The van der Waals surface area contributed by atoms with Crippen molar-refractivity contribution in [1.82, 2.24) is 0 Å². The second kappa shape index (κ2) is 13.5. The van der Waals surface area contributed by atoms with Gasteiger partial charge >= 0.3 is 182 Å². The zero-order valence-corrected chi connectivity index (χ0v) is 29.0. The van der Waals surface area contributed by atoms with Crippen LogP contribution in [-0.2, 0) is 38.7 Å². The summed E-state index contributed by atoms with van der Waals surface area (Å²) in [5.41, 5.74) is 11.9. The van der Waals surface area contributed by atoms with E-state index in [-0.39, 0.29) is 2.91 Å². The third-order valence-electron chi connectivity index (χ3n) is 8.28. The summed E-state index contributed by atoms with van der Waals surface area (Å²) < 4.78 is 0.948. The van der Waals surface area contributed by atoms with E-state index >= 15 is 0 Å². The van der Waals surface area contributed by atoms with Crippen LogP contribution in [0.15, 0.2) is 145 Å². The van der Waals surface area contributed by atoms with Crippen LogP contribution in [0.5, 0.6) is 0 Å². The van der Waals surface area contributed by atoms with Crippen molar-refractivity contribution in [2.45, 2.75) is 33.3 Å². The van der Waals surface area contributed by atoms with Crippen molar-refractivity contribution in [3.63, 3.8) is 0 Å². The molecule has 0 aliphatic heterocycles. The number of hydrogen-bond donors (Lipinski definition) is 0. The quantitative estimate of drug-likeness (QED) is 0.116. The summed E-state index contributed by atoms with van der Waals surface area (Å²) in [6.45, 7) is 4.62. The minimum atomic E-state index is -1.17. The summed E-state index contributed by atoms with van der Waals surface area (Å²) in [5.74, 6) is 0. The Morgan fingerprint density at radius 3 is 1.88 bits per heavy atom. The summed E-state index contributed by atoms with van der Waals surface area (Å²) in [5, 5.41) is 1.53. The summed E-state index contributed by atoms with van der Waals surface area (Å²) in [4.78, 5) is 0. The van der Waals surface area contributed by atoms with Gasteiger partial charge in [-0.25, -0.2) is 0 Å². The number of hydrogen-bond acceptors (Lipinski definition) is 0. The van der Waals surface area contributed by atoms with E-state index in [2.05, 4.69) is 166 Å². The number of fused-ring (bicyclic) bond motifs is 2. The Morgan fingerprint density at radius 1 is 0.619 bits per heavy atom. The Labute approximate surface area is 264 Å². The van der Waals surface area contributed by atoms with Crippen LogP contribution in [0.4, 0.5) is 0 Å². The topological polar surface area (TPSA) is 0 Å². The summed E-state index contributed by atoms with van der Waals surface area (Å²) >= 11 is -1.17. The molecule has 0 amide bonds. The van der Waals surface area contributed by atoms with Crippen molar-refractivity contribution >= 4 is 26.0 Å². The molecule has 0 heterocycles. The normalized spacial score (nSPS) is 18.2. The van der Waals surface area contributed by atoms with Crippen molar-refractivity contribution in [3.8, 4) is 0 Å². The maximum atomic E-state index is 2.58. The Kier molecular flexibility index (Phi) is 9.28. The summed E-state index contributed by atoms with van der Waals surface area (Å²) in [6.07, 6.45) is 9.67. The molecule has 5 aromatic rings. The molecule has 0 fully saturated rings. The average Bonchev–Trinajstić information content (AvgIpc) is 3.55. The Bertz CT molecular complexity index is 1660. The molecule has 2 aliphatic carbocycles. The predicted octanol–water partition coefficient (Wildman–Crippen LogP) is 9.89. The molecule has 0 radical (unpaired) electrons. The van der Waals surface area contributed by atoms with Gasteiger partial charge in [-0.15, -0.1) is 0 Å². The molecule has 0 aromatic heterocycles. The second-order valence-corrected chi connectivity index (χ2v) is 20.6. The van der Waals surface area contributed by atoms with Crippen LogP contribution in [-0.4, -0.2) is 0 Å². The van der Waals surface area contributed by atoms with Gasteiger partial charge in [0.15, 0.2) is 0 Å². The fraction of sp³-hybridized carbons (Fsp3) is 0.150. The van der Waals surface area contributed by atoms with E-state index in [1.165, 1.54) is 33.1 Å². The van der Waals surface area contributed by atoms with Crippen LogP contribution in [0.1, 0.15) is 49.5 Å². The van der Waals surface area contributed by atoms with Gasteiger partial charge in [0.2, 0.25) is 0 Å². The van der Waals surface area contributed by atoms with E-state index in [1.54, 1.807) is 16.7 Å². The molecule has 0 nitrogen and oxygen atoms in total. The number of allylic oxidation sites excluding steroid dienone is 2. The van der Waals surface area contributed by atoms with Gasteiger partial charge in [-0.2, -0.15) is 0 Å². The predicted molar refractivity (Wildman–Crippen MR) is 179 cm³/mol. The van der Waals surface area contributed by atoms with Crippen molar-refractivity contribution in [2.75, 3.05) is 0 Å². The molecule has 206 valence electrons. The molecule has 0 bridgehead atoms. The molecule has 42 heavy (non-hydrogen) atoms. The fourth-order valence-corrected chi connectivity index (χ4v) is 17.2. The van der Waals surface area contributed by atoms with Crippen LogP contribution < -0.4 is 5.30 Å². The van der Waals surface area contributed by atoms with E-state index in [1.807, 2.05) is 0 Å². The molecule has 7 rings (SSSR count). The number of aryl methyl sites for hydroxylation is 3. The van der Waals surface area contributed by atoms with Gasteiger partial charge in [0.1, 0.15) is 0 Å². The largest absolute Gasteiger partial charge is 0.0622 e. The third-order valence-corrected chi connectivity index (χ3v) is 19.5. The summed E-state index contributed by atoms with van der Waals surface area (Å²) in [6, 6.07) is 48.4. The molecule has 2 aliphatic rings. The monoisotopic (exact) mass is 728 g/mol. The van der Waals surface area contributed by atoms with Gasteiger partial charge in [0, 0.05) is 0 Å². The SMILES string of the molecule is CC1=Cc2ccccc2[CH]1[Hf][C]1(Pc2ccccc2C)C=Cc2ccccc21.c1ccc(CCc2ccccc2)cc1. The fourth-order valence-electron chi connectivity index (χ4n) is 5.98. The van der Waals surface area contributed by atoms with Crippen molar-refractivity contribution < 1.29 is 22.9 Å². The molecule has 2 heteroatoms. The molecule has 0 saturated carbocycles. The van der Waals surface area contributed by atoms with Gasteiger partial charge in [0.25, 0.3) is 0 Å². The Hall–Kier alpha value is -3.12. The molecule has 0 saturated heterocycles. The van der Waals surface area contributed by atoms with E-state index < -0.39 is 22.9 Å². The molecule has 5 aromatic carbocycles. The second-order valence-electron chi connectivity index (χ2n) is 11.2. The molecular formula is C40H37HfP. The summed E-state index contributed by atoms with van der Waals surface area (Å²) in [7, 11) is 0.820. The first-order chi connectivity index (χ1) is 20.6. The van der Waals surface area contributed by atoms with E-state index in [4.69, 9.17) is 0 Å². The third kappa shape index (κ3) is 6.59. The molecule has 3 unspecified atom stereocenters. The zero-order valence-electron chi connectivity index (χ0n) is 24.4. The number of benzene rings is 5. The number of rotatable bonds is 7. The van der Waals surface area contributed by atoms with Gasteiger partial charge in [-0.05, 0) is 24.0 Å². The maximum absolute atomic E-state index is 2.58. The standard InChI is InChI=1S/C16H14P.C14H14.C10H9.Hf/c1-12-6-2-5-9-15(12)17-16-11-10-13-7-3-4-8-14(13)16;1-3-7-13(8-4-1)11-12-14-9-5-2-6-10-14;1-8-6-9-4-2-3-5-10(9)7-8;/h2-11,17H,1H3;1-10H,11-12H2;2-7H,1H3;. The zero-order chi connectivity index (χ0) is 28.8. The van der Waals surface area contributed by atoms with Crippen molar-refractivity contribution in [2.24, 2.45) is 0 Å². The molecule has 0 N–H and O–H groups in total. The van der Waals surface area contributed by atoms with E-state index in [0.29, 0.717) is 3.67 Å².